The van der Waals surface area contributed by atoms with Crippen molar-refractivity contribution in [2.45, 2.75) is 45.1 Å². The molecule has 2 aliphatic heterocycles. The van der Waals surface area contributed by atoms with Crippen molar-refractivity contribution < 1.29 is 0 Å². The summed E-state index contributed by atoms with van der Waals surface area (Å²) in [5.41, 5.74) is 1.32. The lowest BCUT2D eigenvalue weighted by molar-refractivity contribution is 0.189. The lowest BCUT2D eigenvalue weighted by atomic mass is 9.99. The van der Waals surface area contributed by atoms with Crippen LogP contribution in [0, 0.1) is 5.92 Å². The van der Waals surface area contributed by atoms with E-state index in [9.17, 15) is 0 Å². The average Bonchev–Trinajstić information content (AvgIpc) is 3.17. The minimum absolute atomic E-state index is 0. The summed E-state index contributed by atoms with van der Waals surface area (Å²) in [5, 5.41) is 7.09. The van der Waals surface area contributed by atoms with Crippen LogP contribution < -0.4 is 15.5 Å². The third-order valence-corrected chi connectivity index (χ3v) is 5.94. The van der Waals surface area contributed by atoms with Gasteiger partial charge in [0.15, 0.2) is 5.96 Å². The number of unbranched alkanes of at least 4 members (excludes halogenated alkanes) is 1. The molecule has 0 bridgehead atoms. The maximum absolute atomic E-state index is 4.41. The molecule has 1 aromatic carbocycles. The predicted octanol–water partition coefficient (Wildman–Crippen LogP) is 3.56. The van der Waals surface area contributed by atoms with Crippen molar-refractivity contribution in [3.63, 3.8) is 0 Å². The van der Waals surface area contributed by atoms with Crippen LogP contribution in [0.2, 0.25) is 0 Å². The Labute approximate surface area is 188 Å². The molecule has 0 radical (unpaired) electrons. The van der Waals surface area contributed by atoms with Crippen molar-refractivity contribution in [2.75, 3.05) is 51.2 Å². The van der Waals surface area contributed by atoms with Crippen LogP contribution >= 0.6 is 24.0 Å². The highest BCUT2D eigenvalue weighted by Crippen LogP contribution is 2.19. The Morgan fingerprint density at radius 2 is 1.82 bits per heavy atom. The smallest absolute Gasteiger partial charge is 0.191 e. The van der Waals surface area contributed by atoms with Crippen LogP contribution in [0.4, 0.5) is 5.69 Å². The molecule has 3 rings (SSSR count). The van der Waals surface area contributed by atoms with Gasteiger partial charge in [-0.15, -0.1) is 24.0 Å². The Morgan fingerprint density at radius 3 is 2.54 bits per heavy atom. The van der Waals surface area contributed by atoms with Crippen LogP contribution in [0.15, 0.2) is 35.3 Å². The maximum atomic E-state index is 4.41. The van der Waals surface area contributed by atoms with Crippen molar-refractivity contribution in [2.24, 2.45) is 10.9 Å². The van der Waals surface area contributed by atoms with Gasteiger partial charge in [-0.25, -0.2) is 0 Å². The van der Waals surface area contributed by atoms with Crippen LogP contribution in [0.5, 0.6) is 0 Å². The van der Waals surface area contributed by atoms with Gasteiger partial charge in [-0.1, -0.05) is 25.1 Å². The number of piperidine rings is 1. The SMILES string of the molecule is CN=C(NCCCCN1CCC(C)CC1)NC1CCN(c2ccccc2)C1.I. The molecule has 158 valence electrons. The standard InChI is InChI=1S/C22H37N5.HI/c1-19-10-15-26(16-11-19)14-7-6-13-24-22(23-2)25-20-12-17-27(18-20)21-8-4-3-5-9-21;/h3-5,8-9,19-20H,6-7,10-18H2,1-2H3,(H2,23,24,25);1H. The van der Waals surface area contributed by atoms with Gasteiger partial charge in [-0.2, -0.15) is 0 Å². The molecule has 0 saturated carbocycles. The Balaban J connectivity index is 0.00000280. The van der Waals surface area contributed by atoms with Gasteiger partial charge in [0.25, 0.3) is 0 Å². The Bertz CT molecular complexity index is 572. The summed E-state index contributed by atoms with van der Waals surface area (Å²) >= 11 is 0. The molecule has 28 heavy (non-hydrogen) atoms. The van der Waals surface area contributed by atoms with Crippen LogP contribution in [0.3, 0.4) is 0 Å². The molecule has 1 aromatic rings. The highest BCUT2D eigenvalue weighted by Gasteiger charge is 2.23. The number of likely N-dealkylation sites (tertiary alicyclic amines) is 1. The molecule has 2 saturated heterocycles. The summed E-state index contributed by atoms with van der Waals surface area (Å²) in [4.78, 5) is 9.49. The zero-order chi connectivity index (χ0) is 18.9. The van der Waals surface area contributed by atoms with Gasteiger partial charge in [0, 0.05) is 38.4 Å². The van der Waals surface area contributed by atoms with Gasteiger partial charge in [0.05, 0.1) is 0 Å². The maximum Gasteiger partial charge on any atom is 0.191 e. The van der Waals surface area contributed by atoms with Gasteiger partial charge in [0.2, 0.25) is 0 Å². The summed E-state index contributed by atoms with van der Waals surface area (Å²) in [6, 6.07) is 11.2. The highest BCUT2D eigenvalue weighted by atomic mass is 127. The van der Waals surface area contributed by atoms with Crippen molar-refractivity contribution in [3.05, 3.63) is 30.3 Å². The molecular weight excluding hydrogens is 461 g/mol. The van der Waals surface area contributed by atoms with Crippen molar-refractivity contribution >= 4 is 35.6 Å². The largest absolute Gasteiger partial charge is 0.369 e. The Hall–Kier alpha value is -1.02. The van der Waals surface area contributed by atoms with Crippen molar-refractivity contribution in [1.82, 2.24) is 15.5 Å². The summed E-state index contributed by atoms with van der Waals surface area (Å²) < 4.78 is 0. The van der Waals surface area contributed by atoms with E-state index in [1.807, 2.05) is 7.05 Å². The van der Waals surface area contributed by atoms with E-state index in [2.05, 4.69) is 62.7 Å². The van der Waals surface area contributed by atoms with E-state index in [-0.39, 0.29) is 24.0 Å². The zero-order valence-electron chi connectivity index (χ0n) is 17.6. The van der Waals surface area contributed by atoms with Gasteiger partial charge >= 0.3 is 0 Å². The normalized spacial score (nSPS) is 21.4. The van der Waals surface area contributed by atoms with E-state index in [1.165, 1.54) is 51.0 Å². The summed E-state index contributed by atoms with van der Waals surface area (Å²) in [6.45, 7) is 9.34. The van der Waals surface area contributed by atoms with Crippen molar-refractivity contribution in [1.29, 1.82) is 0 Å². The number of nitrogens with zero attached hydrogens (tertiary/aromatic N) is 3. The number of rotatable bonds is 7. The molecule has 0 aromatic heterocycles. The second-order valence-electron chi connectivity index (χ2n) is 8.14. The first-order chi connectivity index (χ1) is 13.2. The summed E-state index contributed by atoms with van der Waals surface area (Å²) in [7, 11) is 1.87. The van der Waals surface area contributed by atoms with Gasteiger partial charge in [0.1, 0.15) is 0 Å². The number of benzene rings is 1. The molecule has 0 amide bonds. The van der Waals surface area contributed by atoms with Crippen LogP contribution in [-0.4, -0.2) is 63.2 Å². The van der Waals surface area contributed by atoms with Gasteiger partial charge in [-0.3, -0.25) is 4.99 Å². The first-order valence-electron chi connectivity index (χ1n) is 10.7. The minimum atomic E-state index is 0. The number of halogens is 1. The quantitative estimate of drug-likeness (QED) is 0.261. The van der Waals surface area contributed by atoms with Gasteiger partial charge in [-0.05, 0) is 69.8 Å². The number of aliphatic imine (C=N–C) groups is 1. The van der Waals surface area contributed by atoms with E-state index in [0.717, 1.165) is 37.9 Å². The second kappa shape index (κ2) is 12.5. The molecule has 0 aliphatic carbocycles. The zero-order valence-corrected chi connectivity index (χ0v) is 19.9. The number of hydrogen-bond acceptors (Lipinski definition) is 3. The fraction of sp³-hybridized carbons (Fsp3) is 0.682. The Kier molecular flexibility index (Phi) is 10.4. The second-order valence-corrected chi connectivity index (χ2v) is 8.14. The number of anilines is 1. The van der Waals surface area contributed by atoms with E-state index in [1.54, 1.807) is 0 Å². The number of guanidine groups is 1. The minimum Gasteiger partial charge on any atom is -0.369 e. The van der Waals surface area contributed by atoms with Gasteiger partial charge < -0.3 is 20.4 Å². The molecule has 2 N–H and O–H groups in total. The first kappa shape index (κ1) is 23.3. The predicted molar refractivity (Wildman–Crippen MR) is 131 cm³/mol. The first-order valence-corrected chi connectivity index (χ1v) is 10.7. The molecule has 6 heteroatoms. The molecule has 2 heterocycles. The fourth-order valence-corrected chi connectivity index (χ4v) is 4.09. The number of hydrogen-bond donors (Lipinski definition) is 2. The topological polar surface area (TPSA) is 42.9 Å². The molecule has 2 fully saturated rings. The molecule has 5 nitrogen and oxygen atoms in total. The highest BCUT2D eigenvalue weighted by molar-refractivity contribution is 14.0. The summed E-state index contributed by atoms with van der Waals surface area (Å²) in [6.07, 6.45) is 6.37. The molecule has 1 unspecified atom stereocenters. The number of para-hydroxylation sites is 1. The molecule has 2 aliphatic rings. The third kappa shape index (κ3) is 7.43. The van der Waals surface area contributed by atoms with E-state index < -0.39 is 0 Å². The molecule has 1 atom stereocenters. The average molecular weight is 499 g/mol. The van der Waals surface area contributed by atoms with E-state index in [0.29, 0.717) is 6.04 Å². The third-order valence-electron chi connectivity index (χ3n) is 5.94. The molecule has 0 spiro atoms. The Morgan fingerprint density at radius 1 is 1.07 bits per heavy atom. The lowest BCUT2D eigenvalue weighted by Crippen LogP contribution is -2.45. The lowest BCUT2D eigenvalue weighted by Gasteiger charge is -2.30. The van der Waals surface area contributed by atoms with Crippen LogP contribution in [0.1, 0.15) is 39.0 Å². The van der Waals surface area contributed by atoms with Crippen LogP contribution in [-0.2, 0) is 0 Å². The monoisotopic (exact) mass is 499 g/mol. The van der Waals surface area contributed by atoms with Crippen molar-refractivity contribution in [3.8, 4) is 0 Å². The number of nitrogens with one attached hydrogen (secondary N) is 2. The molecular formula is C22H38IN5. The van der Waals surface area contributed by atoms with E-state index >= 15 is 0 Å². The van der Waals surface area contributed by atoms with Crippen LogP contribution in [0.25, 0.3) is 0 Å². The fourth-order valence-electron chi connectivity index (χ4n) is 4.09. The van der Waals surface area contributed by atoms with E-state index in [4.69, 9.17) is 0 Å². The summed E-state index contributed by atoms with van der Waals surface area (Å²) in [5.74, 6) is 1.87.